The van der Waals surface area contributed by atoms with Gasteiger partial charge in [-0.3, -0.25) is 0 Å². The average Bonchev–Trinajstić information content (AvgIpc) is 2.50. The summed E-state index contributed by atoms with van der Waals surface area (Å²) in [6.07, 6.45) is 22.7. The Morgan fingerprint density at radius 2 is 1.24 bits per heavy atom. The molecule has 0 amide bonds. The third-order valence-electron chi connectivity index (χ3n) is 3.86. The topological polar surface area (TPSA) is 64.4 Å². The third kappa shape index (κ3) is 17.0. The van der Waals surface area contributed by atoms with E-state index >= 15 is 0 Å². The first kappa shape index (κ1) is 20.0. The van der Waals surface area contributed by atoms with Gasteiger partial charge in [-0.15, -0.1) is 0 Å². The second-order valence-corrected chi connectivity index (χ2v) is 5.95. The number of unbranched alkanes of at least 4 members (excludes halogenated alkanes) is 11. The van der Waals surface area contributed by atoms with Crippen molar-refractivity contribution >= 4 is 5.84 Å². The highest BCUT2D eigenvalue weighted by molar-refractivity contribution is 5.79. The Balaban J connectivity index is 3.12. The smallest absolute Gasteiger partial charge is 0.119 e. The number of amidine groups is 1. The van der Waals surface area contributed by atoms with Crippen molar-refractivity contribution in [2.24, 2.45) is 16.7 Å². The molecule has 0 radical (unpaired) electrons. The lowest BCUT2D eigenvalue weighted by Crippen LogP contribution is -2.13. The van der Waals surface area contributed by atoms with E-state index in [2.05, 4.69) is 24.2 Å². The standard InChI is InChI=1S/C18H37N3/c1-2-3-4-5-6-7-8-9-10-11-12-13-14-15-16-17-18(19)21-20/h9-10H,2-8,11-17,20H2,1H3,(H2,19,21)/b10-9-. The van der Waals surface area contributed by atoms with Gasteiger partial charge in [-0.25, -0.2) is 0 Å². The average molecular weight is 296 g/mol. The Labute approximate surface area is 132 Å². The minimum Gasteiger partial charge on any atom is -0.386 e. The van der Waals surface area contributed by atoms with Gasteiger partial charge >= 0.3 is 0 Å². The number of rotatable bonds is 15. The van der Waals surface area contributed by atoms with Gasteiger partial charge in [-0.2, -0.15) is 5.10 Å². The Kier molecular flexibility index (Phi) is 16.3. The van der Waals surface area contributed by atoms with Crippen LogP contribution in [0.25, 0.3) is 0 Å². The molecule has 3 nitrogen and oxygen atoms in total. The summed E-state index contributed by atoms with van der Waals surface area (Å²) in [5.74, 6) is 5.66. The van der Waals surface area contributed by atoms with E-state index in [1.807, 2.05) is 0 Å². The molecule has 0 aromatic rings. The zero-order valence-corrected chi connectivity index (χ0v) is 14.2. The van der Waals surface area contributed by atoms with Crippen molar-refractivity contribution in [3.05, 3.63) is 12.2 Å². The van der Waals surface area contributed by atoms with Crippen molar-refractivity contribution in [3.63, 3.8) is 0 Å². The van der Waals surface area contributed by atoms with E-state index in [-0.39, 0.29) is 0 Å². The molecule has 21 heavy (non-hydrogen) atoms. The molecule has 0 saturated carbocycles. The van der Waals surface area contributed by atoms with Crippen LogP contribution in [-0.4, -0.2) is 5.84 Å². The van der Waals surface area contributed by atoms with Gasteiger partial charge in [0.25, 0.3) is 0 Å². The van der Waals surface area contributed by atoms with Gasteiger partial charge in [0.1, 0.15) is 5.84 Å². The largest absolute Gasteiger partial charge is 0.386 e. The summed E-state index contributed by atoms with van der Waals surface area (Å²) in [6.45, 7) is 2.27. The summed E-state index contributed by atoms with van der Waals surface area (Å²) in [4.78, 5) is 0. The van der Waals surface area contributed by atoms with Crippen LogP contribution in [0.2, 0.25) is 0 Å². The van der Waals surface area contributed by atoms with Crippen LogP contribution in [0.5, 0.6) is 0 Å². The van der Waals surface area contributed by atoms with Crippen LogP contribution in [0, 0.1) is 0 Å². The Hall–Kier alpha value is -0.990. The van der Waals surface area contributed by atoms with Gasteiger partial charge in [0.15, 0.2) is 0 Å². The lowest BCUT2D eigenvalue weighted by Gasteiger charge is -2.00. The molecule has 0 heterocycles. The van der Waals surface area contributed by atoms with E-state index in [1.165, 1.54) is 77.0 Å². The Bertz CT molecular complexity index is 259. The van der Waals surface area contributed by atoms with E-state index in [9.17, 15) is 0 Å². The quantitative estimate of drug-likeness (QED) is 0.108. The van der Waals surface area contributed by atoms with Gasteiger partial charge in [-0.1, -0.05) is 70.4 Å². The molecule has 0 saturated heterocycles. The first-order valence-corrected chi connectivity index (χ1v) is 8.98. The highest BCUT2D eigenvalue weighted by Gasteiger charge is 1.93. The molecule has 3 heteroatoms. The summed E-state index contributed by atoms with van der Waals surface area (Å²) >= 11 is 0. The van der Waals surface area contributed by atoms with Crippen LogP contribution < -0.4 is 11.6 Å². The molecule has 0 aliphatic rings. The SMILES string of the molecule is CCCCCCCC/C=C\CCCCCCC/C(N)=N/N. The molecule has 0 rings (SSSR count). The van der Waals surface area contributed by atoms with Crippen LogP contribution in [0.4, 0.5) is 0 Å². The molecule has 4 N–H and O–H groups in total. The molecule has 0 aromatic heterocycles. The summed E-state index contributed by atoms with van der Waals surface area (Å²) < 4.78 is 0. The minimum atomic E-state index is 0.577. The molecular weight excluding hydrogens is 258 g/mol. The summed E-state index contributed by atoms with van der Waals surface area (Å²) in [5, 5.41) is 3.48. The number of nitrogens with zero attached hydrogens (tertiary/aromatic N) is 1. The molecule has 0 aliphatic heterocycles. The number of hydrazone groups is 1. The van der Waals surface area contributed by atoms with Crippen LogP contribution in [-0.2, 0) is 0 Å². The van der Waals surface area contributed by atoms with Crippen molar-refractivity contribution < 1.29 is 0 Å². The van der Waals surface area contributed by atoms with Crippen molar-refractivity contribution in [2.75, 3.05) is 0 Å². The molecule has 0 unspecified atom stereocenters. The highest BCUT2D eigenvalue weighted by Crippen LogP contribution is 2.09. The second-order valence-electron chi connectivity index (χ2n) is 5.95. The van der Waals surface area contributed by atoms with E-state index in [4.69, 9.17) is 11.6 Å². The van der Waals surface area contributed by atoms with Crippen molar-refractivity contribution in [1.82, 2.24) is 0 Å². The summed E-state index contributed by atoms with van der Waals surface area (Å²) in [5.41, 5.74) is 5.54. The first-order valence-electron chi connectivity index (χ1n) is 8.98. The number of allylic oxidation sites excluding steroid dienone is 2. The van der Waals surface area contributed by atoms with Crippen molar-refractivity contribution in [2.45, 2.75) is 96.8 Å². The van der Waals surface area contributed by atoms with Gasteiger partial charge in [0.05, 0.1) is 0 Å². The fourth-order valence-electron chi connectivity index (χ4n) is 2.44. The fraction of sp³-hybridized carbons (Fsp3) is 0.833. The summed E-state index contributed by atoms with van der Waals surface area (Å²) in [6, 6.07) is 0. The van der Waals surface area contributed by atoms with Crippen molar-refractivity contribution in [3.8, 4) is 0 Å². The molecule has 124 valence electrons. The zero-order chi connectivity index (χ0) is 15.6. The molecular formula is C18H37N3. The monoisotopic (exact) mass is 295 g/mol. The summed E-state index contributed by atoms with van der Waals surface area (Å²) in [7, 11) is 0. The van der Waals surface area contributed by atoms with Crippen LogP contribution in [0.3, 0.4) is 0 Å². The second kappa shape index (κ2) is 17.1. The molecule has 0 atom stereocenters. The predicted octanol–water partition coefficient (Wildman–Crippen LogP) is 5.25. The van der Waals surface area contributed by atoms with Crippen molar-refractivity contribution in [1.29, 1.82) is 0 Å². The maximum atomic E-state index is 5.54. The molecule has 0 fully saturated rings. The van der Waals surface area contributed by atoms with E-state index in [0.29, 0.717) is 5.84 Å². The molecule has 0 bridgehead atoms. The van der Waals surface area contributed by atoms with Crippen LogP contribution in [0.1, 0.15) is 96.8 Å². The first-order chi connectivity index (χ1) is 10.3. The zero-order valence-electron chi connectivity index (χ0n) is 14.2. The lowest BCUT2D eigenvalue weighted by atomic mass is 10.1. The Morgan fingerprint density at radius 1 is 0.762 bits per heavy atom. The highest BCUT2D eigenvalue weighted by atomic mass is 15.1. The minimum absolute atomic E-state index is 0.577. The van der Waals surface area contributed by atoms with Crippen LogP contribution in [0.15, 0.2) is 17.3 Å². The maximum absolute atomic E-state index is 5.54. The van der Waals surface area contributed by atoms with Gasteiger partial charge in [0, 0.05) is 6.42 Å². The number of nitrogens with two attached hydrogens (primary N) is 2. The van der Waals surface area contributed by atoms with Gasteiger partial charge in [-0.05, 0) is 32.1 Å². The normalized spacial score (nSPS) is 12.3. The fourth-order valence-corrected chi connectivity index (χ4v) is 2.44. The molecule has 0 aromatic carbocycles. The van der Waals surface area contributed by atoms with E-state index in [0.717, 1.165) is 12.8 Å². The predicted molar refractivity (Wildman–Crippen MR) is 95.3 cm³/mol. The lowest BCUT2D eigenvalue weighted by molar-refractivity contribution is 0.609. The molecule has 0 aliphatic carbocycles. The number of hydrogen-bond acceptors (Lipinski definition) is 2. The third-order valence-corrected chi connectivity index (χ3v) is 3.86. The van der Waals surface area contributed by atoms with Gasteiger partial charge in [0.2, 0.25) is 0 Å². The van der Waals surface area contributed by atoms with E-state index in [1.54, 1.807) is 0 Å². The van der Waals surface area contributed by atoms with E-state index < -0.39 is 0 Å². The maximum Gasteiger partial charge on any atom is 0.119 e. The Morgan fingerprint density at radius 3 is 1.76 bits per heavy atom. The van der Waals surface area contributed by atoms with Crippen LogP contribution >= 0.6 is 0 Å². The van der Waals surface area contributed by atoms with Gasteiger partial charge < -0.3 is 11.6 Å². The number of hydrogen-bond donors (Lipinski definition) is 2. The molecule has 0 spiro atoms.